The van der Waals surface area contributed by atoms with Crippen LogP contribution < -0.4 is 0 Å². The minimum atomic E-state index is -3.14. The molecule has 4 heteroatoms. The summed E-state index contributed by atoms with van der Waals surface area (Å²) in [6.45, 7) is -1.15. The average molecular weight is 251 g/mol. The van der Waals surface area contributed by atoms with Gasteiger partial charge in [-0.3, -0.25) is 0 Å². The molecule has 0 spiro atoms. The Bertz CT molecular complexity index is 289. The van der Waals surface area contributed by atoms with Crippen LogP contribution >= 0.6 is 15.9 Å². The van der Waals surface area contributed by atoms with Crippen LogP contribution in [0.2, 0.25) is 0 Å². The van der Waals surface area contributed by atoms with Crippen LogP contribution in [0.1, 0.15) is 11.1 Å². The highest BCUT2D eigenvalue weighted by Crippen LogP contribution is 2.27. The first-order chi connectivity index (χ1) is 6.10. The average Bonchev–Trinajstić information content (AvgIpc) is 2.18. The summed E-state index contributed by atoms with van der Waals surface area (Å²) in [5.74, 6) is -3.14. The van der Waals surface area contributed by atoms with Gasteiger partial charge in [0.05, 0.1) is 0 Å². The monoisotopic (exact) mass is 250 g/mol. The molecule has 0 aliphatic rings. The summed E-state index contributed by atoms with van der Waals surface area (Å²) in [4.78, 5) is 0. The zero-order valence-electron chi connectivity index (χ0n) is 6.80. The Balaban J connectivity index is 3.01. The van der Waals surface area contributed by atoms with Gasteiger partial charge in [0.25, 0.3) is 5.92 Å². The fourth-order valence-corrected chi connectivity index (χ4v) is 1.32. The van der Waals surface area contributed by atoms with Gasteiger partial charge in [-0.2, -0.15) is 8.78 Å². The smallest absolute Gasteiger partial charge is 0.295 e. The molecule has 1 N–H and O–H groups in total. The van der Waals surface area contributed by atoms with Crippen LogP contribution in [0.3, 0.4) is 0 Å². The highest BCUT2D eigenvalue weighted by Gasteiger charge is 2.30. The van der Waals surface area contributed by atoms with Crippen LogP contribution in [-0.4, -0.2) is 11.7 Å². The first kappa shape index (κ1) is 10.6. The van der Waals surface area contributed by atoms with E-state index < -0.39 is 12.5 Å². The van der Waals surface area contributed by atoms with Gasteiger partial charge in [-0.05, 0) is 11.6 Å². The molecule has 0 aliphatic heterocycles. The molecular formula is C9H9BrF2O. The molecule has 72 valence electrons. The summed E-state index contributed by atoms with van der Waals surface area (Å²) >= 11 is 3.17. The Morgan fingerprint density at radius 2 is 2.08 bits per heavy atom. The molecule has 0 bridgehead atoms. The SMILES string of the molecule is OCC(F)(F)c1cccc(CBr)c1. The van der Waals surface area contributed by atoms with Crippen molar-refractivity contribution in [3.05, 3.63) is 35.4 Å². The van der Waals surface area contributed by atoms with Gasteiger partial charge in [0.15, 0.2) is 0 Å². The van der Waals surface area contributed by atoms with E-state index in [2.05, 4.69) is 15.9 Å². The van der Waals surface area contributed by atoms with Gasteiger partial charge in [0.2, 0.25) is 0 Å². The van der Waals surface area contributed by atoms with E-state index in [-0.39, 0.29) is 5.56 Å². The van der Waals surface area contributed by atoms with Gasteiger partial charge >= 0.3 is 0 Å². The molecule has 1 aromatic rings. The topological polar surface area (TPSA) is 20.2 Å². The number of halogens is 3. The summed E-state index contributed by atoms with van der Waals surface area (Å²) in [7, 11) is 0. The van der Waals surface area contributed by atoms with Gasteiger partial charge in [0.1, 0.15) is 6.61 Å². The zero-order chi connectivity index (χ0) is 9.90. The second kappa shape index (κ2) is 4.15. The van der Waals surface area contributed by atoms with Gasteiger partial charge in [-0.1, -0.05) is 34.1 Å². The van der Waals surface area contributed by atoms with E-state index in [9.17, 15) is 8.78 Å². The van der Waals surface area contributed by atoms with E-state index in [4.69, 9.17) is 5.11 Å². The first-order valence-electron chi connectivity index (χ1n) is 3.74. The Morgan fingerprint density at radius 3 is 2.62 bits per heavy atom. The molecule has 0 atom stereocenters. The van der Waals surface area contributed by atoms with Crippen LogP contribution in [0, 0.1) is 0 Å². The third kappa shape index (κ3) is 2.48. The maximum Gasteiger partial charge on any atom is 0.295 e. The number of rotatable bonds is 3. The number of aliphatic hydroxyl groups excluding tert-OH is 1. The molecule has 13 heavy (non-hydrogen) atoms. The van der Waals surface area contributed by atoms with Crippen molar-refractivity contribution < 1.29 is 13.9 Å². The second-order valence-electron chi connectivity index (χ2n) is 2.70. The molecule has 0 saturated heterocycles. The quantitative estimate of drug-likeness (QED) is 0.819. The molecule has 1 nitrogen and oxygen atoms in total. The fraction of sp³-hybridized carbons (Fsp3) is 0.333. The maximum absolute atomic E-state index is 12.9. The molecule has 1 aromatic carbocycles. The van der Waals surface area contributed by atoms with Crippen LogP contribution in [0.4, 0.5) is 8.78 Å². The van der Waals surface area contributed by atoms with Crippen molar-refractivity contribution in [2.45, 2.75) is 11.3 Å². The maximum atomic E-state index is 12.9. The Labute approximate surface area is 83.5 Å². The molecule has 0 aliphatic carbocycles. The van der Waals surface area contributed by atoms with Crippen molar-refractivity contribution in [1.29, 1.82) is 0 Å². The molecule has 0 radical (unpaired) electrons. The van der Waals surface area contributed by atoms with Crippen molar-refractivity contribution >= 4 is 15.9 Å². The van der Waals surface area contributed by atoms with Crippen molar-refractivity contribution in [3.8, 4) is 0 Å². The van der Waals surface area contributed by atoms with Gasteiger partial charge in [-0.15, -0.1) is 0 Å². The van der Waals surface area contributed by atoms with E-state index in [1.54, 1.807) is 12.1 Å². The predicted molar refractivity (Wildman–Crippen MR) is 50.1 cm³/mol. The fourth-order valence-electron chi connectivity index (χ4n) is 0.973. The third-order valence-corrected chi connectivity index (χ3v) is 2.35. The summed E-state index contributed by atoms with van der Waals surface area (Å²) in [6.07, 6.45) is 0. The zero-order valence-corrected chi connectivity index (χ0v) is 8.39. The van der Waals surface area contributed by atoms with Gasteiger partial charge in [-0.25, -0.2) is 0 Å². The standard InChI is InChI=1S/C9H9BrF2O/c10-5-7-2-1-3-8(4-7)9(11,12)6-13/h1-4,13H,5-6H2. The third-order valence-electron chi connectivity index (χ3n) is 1.70. The molecule has 0 heterocycles. The summed E-state index contributed by atoms with van der Waals surface area (Å²) in [5, 5.41) is 8.98. The van der Waals surface area contributed by atoms with Crippen molar-refractivity contribution in [2.75, 3.05) is 6.61 Å². The summed E-state index contributed by atoms with van der Waals surface area (Å²) in [6, 6.07) is 5.98. The lowest BCUT2D eigenvalue weighted by Crippen LogP contribution is -2.18. The molecule has 0 aromatic heterocycles. The van der Waals surface area contributed by atoms with Crippen LogP contribution in [0.25, 0.3) is 0 Å². The highest BCUT2D eigenvalue weighted by atomic mass is 79.9. The van der Waals surface area contributed by atoms with Gasteiger partial charge < -0.3 is 5.11 Å². The molecular weight excluding hydrogens is 242 g/mol. The normalized spacial score (nSPS) is 11.7. The molecule has 0 fully saturated rings. The lowest BCUT2D eigenvalue weighted by atomic mass is 10.1. The second-order valence-corrected chi connectivity index (χ2v) is 3.26. The van der Waals surface area contributed by atoms with Crippen LogP contribution in [0.15, 0.2) is 24.3 Å². The molecule has 0 amide bonds. The first-order valence-corrected chi connectivity index (χ1v) is 4.86. The van der Waals surface area contributed by atoms with Crippen molar-refractivity contribution in [2.24, 2.45) is 0 Å². The van der Waals surface area contributed by atoms with E-state index in [0.717, 1.165) is 5.56 Å². The Hall–Kier alpha value is -0.480. The van der Waals surface area contributed by atoms with Gasteiger partial charge in [0, 0.05) is 10.9 Å². The minimum absolute atomic E-state index is 0.146. The number of hydrogen-bond acceptors (Lipinski definition) is 1. The van der Waals surface area contributed by atoms with E-state index >= 15 is 0 Å². The molecule has 0 unspecified atom stereocenters. The lowest BCUT2D eigenvalue weighted by Gasteiger charge is -2.13. The van der Waals surface area contributed by atoms with E-state index in [0.29, 0.717) is 5.33 Å². The summed E-state index contributed by atoms with van der Waals surface area (Å²) < 4.78 is 25.9. The number of benzene rings is 1. The van der Waals surface area contributed by atoms with Crippen LogP contribution in [0.5, 0.6) is 0 Å². The number of aliphatic hydroxyl groups is 1. The van der Waals surface area contributed by atoms with Crippen molar-refractivity contribution in [3.63, 3.8) is 0 Å². The highest BCUT2D eigenvalue weighted by molar-refractivity contribution is 9.08. The Morgan fingerprint density at radius 1 is 1.38 bits per heavy atom. The number of hydrogen-bond donors (Lipinski definition) is 1. The molecule has 1 rings (SSSR count). The van der Waals surface area contributed by atoms with Crippen molar-refractivity contribution in [1.82, 2.24) is 0 Å². The van der Waals surface area contributed by atoms with E-state index in [1.165, 1.54) is 12.1 Å². The Kier molecular flexibility index (Phi) is 3.39. The largest absolute Gasteiger partial charge is 0.390 e. The van der Waals surface area contributed by atoms with Crippen LogP contribution in [-0.2, 0) is 11.3 Å². The number of alkyl halides is 3. The van der Waals surface area contributed by atoms with E-state index in [1.807, 2.05) is 0 Å². The lowest BCUT2D eigenvalue weighted by molar-refractivity contribution is -0.0556. The summed E-state index contributed by atoms with van der Waals surface area (Å²) in [5.41, 5.74) is 0.623. The molecule has 0 saturated carbocycles. The minimum Gasteiger partial charge on any atom is -0.390 e. The predicted octanol–water partition coefficient (Wildman–Crippen LogP) is 2.67.